The molecule has 0 radical (unpaired) electrons. The average molecular weight is 280 g/mol. The van der Waals surface area contributed by atoms with Crippen LogP contribution in [0.3, 0.4) is 0 Å². The Hall–Kier alpha value is -1.38. The van der Waals surface area contributed by atoms with Gasteiger partial charge in [0.15, 0.2) is 5.78 Å². The summed E-state index contributed by atoms with van der Waals surface area (Å²) in [7, 11) is 0. The van der Waals surface area contributed by atoms with E-state index in [2.05, 4.69) is 4.98 Å². The van der Waals surface area contributed by atoms with E-state index >= 15 is 0 Å². The second-order valence-corrected chi connectivity index (χ2v) is 4.83. The van der Waals surface area contributed by atoms with Gasteiger partial charge in [0.2, 0.25) is 0 Å². The highest BCUT2D eigenvalue weighted by Gasteiger charge is 2.13. The first-order chi connectivity index (χ1) is 8.58. The minimum atomic E-state index is -0.0892. The van der Waals surface area contributed by atoms with E-state index in [0.717, 1.165) is 5.56 Å². The lowest BCUT2D eigenvalue weighted by Crippen LogP contribution is -2.07. The van der Waals surface area contributed by atoms with Crippen LogP contribution >= 0.6 is 23.2 Å². The zero-order chi connectivity index (χ0) is 13.1. The molecule has 0 bridgehead atoms. The van der Waals surface area contributed by atoms with Crippen molar-refractivity contribution in [3.8, 4) is 0 Å². The van der Waals surface area contributed by atoms with Crippen LogP contribution in [0.4, 0.5) is 0 Å². The van der Waals surface area contributed by atoms with Crippen LogP contribution in [0.2, 0.25) is 10.0 Å². The van der Waals surface area contributed by atoms with Crippen LogP contribution in [0.15, 0.2) is 36.5 Å². The predicted molar refractivity (Wildman–Crippen MR) is 73.5 cm³/mol. The van der Waals surface area contributed by atoms with Crippen LogP contribution in [0, 0.1) is 6.92 Å². The van der Waals surface area contributed by atoms with Gasteiger partial charge in [-0.15, -0.1) is 0 Å². The Balaban J connectivity index is 2.27. The lowest BCUT2D eigenvalue weighted by Gasteiger charge is -2.06. The number of hydrogen-bond acceptors (Lipinski definition) is 2. The lowest BCUT2D eigenvalue weighted by molar-refractivity contribution is 0.0988. The summed E-state index contributed by atoms with van der Waals surface area (Å²) in [5.74, 6) is -0.0892. The predicted octanol–water partition coefficient (Wildman–Crippen LogP) is 4.12. The zero-order valence-corrected chi connectivity index (χ0v) is 11.3. The molecule has 0 aliphatic rings. The summed E-state index contributed by atoms with van der Waals surface area (Å²) < 4.78 is 0. The average Bonchev–Trinajstić information content (AvgIpc) is 2.34. The van der Waals surface area contributed by atoms with Crippen LogP contribution < -0.4 is 0 Å². The molecule has 0 spiro atoms. The molecule has 0 unspecified atom stereocenters. The summed E-state index contributed by atoms with van der Waals surface area (Å²) in [4.78, 5) is 16.2. The van der Waals surface area contributed by atoms with Gasteiger partial charge < -0.3 is 0 Å². The van der Waals surface area contributed by atoms with E-state index in [-0.39, 0.29) is 12.2 Å². The van der Waals surface area contributed by atoms with E-state index in [1.807, 2.05) is 13.0 Å². The number of Topliss-reactive ketones (excluding diaryl/α,β-unsaturated/α-hetero) is 1. The van der Waals surface area contributed by atoms with Gasteiger partial charge in [0.25, 0.3) is 0 Å². The molecule has 0 aliphatic carbocycles. The summed E-state index contributed by atoms with van der Waals surface area (Å²) in [5, 5.41) is 1.01. The molecule has 0 atom stereocenters. The standard InChI is InChI=1S/C14H11Cl2NO/c1-9-5-6-17-13(7-9)14(18)8-10-11(15)3-2-4-12(10)16/h2-7H,8H2,1H3. The van der Waals surface area contributed by atoms with Crippen LogP contribution in [-0.4, -0.2) is 10.8 Å². The fourth-order valence-corrected chi connectivity index (χ4v) is 2.17. The highest BCUT2D eigenvalue weighted by atomic mass is 35.5. The van der Waals surface area contributed by atoms with Crippen LogP contribution in [-0.2, 0) is 6.42 Å². The Labute approximate surface area is 116 Å². The van der Waals surface area contributed by atoms with Crippen molar-refractivity contribution in [3.63, 3.8) is 0 Å². The molecular formula is C14H11Cl2NO. The highest BCUT2D eigenvalue weighted by molar-refractivity contribution is 6.36. The topological polar surface area (TPSA) is 30.0 Å². The van der Waals surface area contributed by atoms with Crippen molar-refractivity contribution in [2.24, 2.45) is 0 Å². The monoisotopic (exact) mass is 279 g/mol. The molecule has 1 aromatic heterocycles. The van der Waals surface area contributed by atoms with E-state index in [1.165, 1.54) is 0 Å². The van der Waals surface area contributed by atoms with Crippen molar-refractivity contribution in [3.05, 3.63) is 63.4 Å². The quantitative estimate of drug-likeness (QED) is 0.791. The maximum Gasteiger partial charge on any atom is 0.185 e. The number of benzene rings is 1. The number of rotatable bonds is 3. The molecule has 0 aliphatic heterocycles. The molecule has 0 saturated heterocycles. The first-order valence-electron chi connectivity index (χ1n) is 5.46. The molecule has 2 rings (SSSR count). The van der Waals surface area contributed by atoms with E-state index < -0.39 is 0 Å². The first-order valence-corrected chi connectivity index (χ1v) is 6.22. The molecule has 2 nitrogen and oxygen atoms in total. The minimum Gasteiger partial charge on any atom is -0.292 e. The van der Waals surface area contributed by atoms with Crippen molar-refractivity contribution in [2.75, 3.05) is 0 Å². The molecular weight excluding hydrogens is 269 g/mol. The normalized spacial score (nSPS) is 10.4. The number of ketones is 1. The Bertz CT molecular complexity index is 576. The molecule has 0 fully saturated rings. The molecule has 0 amide bonds. The first kappa shape index (κ1) is 13.1. The summed E-state index contributed by atoms with van der Waals surface area (Å²) in [6.07, 6.45) is 1.78. The summed E-state index contributed by atoms with van der Waals surface area (Å²) in [6, 6.07) is 8.80. The van der Waals surface area contributed by atoms with Crippen LogP contribution in [0.1, 0.15) is 21.6 Å². The number of pyridine rings is 1. The summed E-state index contributed by atoms with van der Waals surface area (Å²) >= 11 is 12.1. The molecule has 1 aromatic carbocycles. The van der Waals surface area contributed by atoms with Gasteiger partial charge in [-0.3, -0.25) is 9.78 Å². The molecule has 0 N–H and O–H groups in total. The van der Waals surface area contributed by atoms with Crippen molar-refractivity contribution < 1.29 is 4.79 Å². The number of halogens is 2. The molecule has 1 heterocycles. The van der Waals surface area contributed by atoms with Crippen molar-refractivity contribution in [1.82, 2.24) is 4.98 Å². The Kier molecular flexibility index (Phi) is 4.00. The van der Waals surface area contributed by atoms with E-state index in [4.69, 9.17) is 23.2 Å². The van der Waals surface area contributed by atoms with Gasteiger partial charge in [0, 0.05) is 22.7 Å². The summed E-state index contributed by atoms with van der Waals surface area (Å²) in [6.45, 7) is 1.92. The highest BCUT2D eigenvalue weighted by Crippen LogP contribution is 2.25. The fraction of sp³-hybridized carbons (Fsp3) is 0.143. The van der Waals surface area contributed by atoms with E-state index in [1.54, 1.807) is 30.5 Å². The Morgan fingerprint density at radius 1 is 1.22 bits per heavy atom. The number of hydrogen-bond donors (Lipinski definition) is 0. The number of aryl methyl sites for hydroxylation is 1. The largest absolute Gasteiger partial charge is 0.292 e. The third-order valence-electron chi connectivity index (χ3n) is 2.60. The molecule has 92 valence electrons. The van der Waals surface area contributed by atoms with Gasteiger partial charge in [-0.05, 0) is 42.3 Å². The molecule has 18 heavy (non-hydrogen) atoms. The number of nitrogens with zero attached hydrogens (tertiary/aromatic N) is 1. The number of aromatic nitrogens is 1. The van der Waals surface area contributed by atoms with Crippen molar-refractivity contribution >= 4 is 29.0 Å². The van der Waals surface area contributed by atoms with Crippen molar-refractivity contribution in [1.29, 1.82) is 0 Å². The van der Waals surface area contributed by atoms with Gasteiger partial charge in [0.05, 0.1) is 0 Å². The van der Waals surface area contributed by atoms with Crippen LogP contribution in [0.25, 0.3) is 0 Å². The van der Waals surface area contributed by atoms with Gasteiger partial charge in [0.1, 0.15) is 5.69 Å². The molecule has 4 heteroatoms. The third-order valence-corrected chi connectivity index (χ3v) is 3.31. The second kappa shape index (κ2) is 5.51. The number of carbonyl (C=O) groups excluding carboxylic acids is 1. The van der Waals surface area contributed by atoms with E-state index in [0.29, 0.717) is 21.3 Å². The Morgan fingerprint density at radius 2 is 1.89 bits per heavy atom. The lowest BCUT2D eigenvalue weighted by atomic mass is 10.1. The number of carbonyl (C=O) groups is 1. The maximum atomic E-state index is 12.1. The fourth-order valence-electron chi connectivity index (χ4n) is 1.64. The third kappa shape index (κ3) is 2.89. The van der Waals surface area contributed by atoms with Gasteiger partial charge in [-0.1, -0.05) is 29.3 Å². The van der Waals surface area contributed by atoms with Gasteiger partial charge in [-0.2, -0.15) is 0 Å². The minimum absolute atomic E-state index is 0.0892. The Morgan fingerprint density at radius 3 is 2.50 bits per heavy atom. The van der Waals surface area contributed by atoms with Crippen molar-refractivity contribution in [2.45, 2.75) is 13.3 Å². The maximum absolute atomic E-state index is 12.1. The molecule has 0 saturated carbocycles. The molecule has 2 aromatic rings. The smallest absolute Gasteiger partial charge is 0.185 e. The van der Waals surface area contributed by atoms with E-state index in [9.17, 15) is 4.79 Å². The summed E-state index contributed by atoms with van der Waals surface area (Å²) in [5.41, 5.74) is 2.08. The van der Waals surface area contributed by atoms with Gasteiger partial charge in [-0.25, -0.2) is 0 Å². The second-order valence-electron chi connectivity index (χ2n) is 4.02. The SMILES string of the molecule is Cc1ccnc(C(=O)Cc2c(Cl)cccc2Cl)c1. The van der Waals surface area contributed by atoms with Crippen LogP contribution in [0.5, 0.6) is 0 Å². The zero-order valence-electron chi connectivity index (χ0n) is 9.78. The van der Waals surface area contributed by atoms with Gasteiger partial charge >= 0.3 is 0 Å².